The van der Waals surface area contributed by atoms with Gasteiger partial charge in [-0.2, -0.15) is 4.98 Å². The van der Waals surface area contributed by atoms with Crippen LogP contribution in [-0.4, -0.2) is 33.1 Å². The highest BCUT2D eigenvalue weighted by Gasteiger charge is 2.22. The highest BCUT2D eigenvalue weighted by Crippen LogP contribution is 2.18. The van der Waals surface area contributed by atoms with E-state index in [9.17, 15) is 9.18 Å². The van der Waals surface area contributed by atoms with Crippen molar-refractivity contribution in [2.45, 2.75) is 31.7 Å². The summed E-state index contributed by atoms with van der Waals surface area (Å²) in [5, 5.41) is 10.1. The second-order valence-electron chi connectivity index (χ2n) is 4.96. The third-order valence-electron chi connectivity index (χ3n) is 3.10. The average molecular weight is 277 g/mol. The number of amides is 1. The first-order valence-corrected chi connectivity index (χ1v) is 6.76. The Morgan fingerprint density at radius 2 is 2.30 bits per heavy atom. The van der Waals surface area contributed by atoms with Crippen molar-refractivity contribution in [3.63, 3.8) is 0 Å². The molecule has 1 amide bonds. The van der Waals surface area contributed by atoms with E-state index in [1.165, 1.54) is 16.8 Å². The lowest BCUT2D eigenvalue weighted by Gasteiger charge is -2.03. The summed E-state index contributed by atoms with van der Waals surface area (Å²) in [6, 6.07) is 3.32. The normalized spacial score (nSPS) is 14.4. The fraction of sp³-hybridized carbons (Fsp3) is 0.462. The van der Waals surface area contributed by atoms with Crippen LogP contribution in [0, 0.1) is 5.82 Å². The van der Waals surface area contributed by atoms with Gasteiger partial charge in [-0.25, -0.2) is 8.91 Å². The van der Waals surface area contributed by atoms with Gasteiger partial charge in [-0.15, -0.1) is 5.10 Å². The summed E-state index contributed by atoms with van der Waals surface area (Å²) in [5.74, 6) is 0.184. The Labute approximate surface area is 115 Å². The summed E-state index contributed by atoms with van der Waals surface area (Å²) in [7, 11) is 0. The van der Waals surface area contributed by atoms with Gasteiger partial charge in [-0.05, 0) is 31.4 Å². The first kappa shape index (κ1) is 12.8. The van der Waals surface area contributed by atoms with E-state index in [1.54, 1.807) is 6.07 Å². The second kappa shape index (κ2) is 5.44. The van der Waals surface area contributed by atoms with Crippen molar-refractivity contribution in [1.82, 2.24) is 19.9 Å². The minimum Gasteiger partial charge on any atom is -0.353 e. The van der Waals surface area contributed by atoms with Crippen molar-refractivity contribution in [1.29, 1.82) is 0 Å². The Bertz CT molecular complexity index is 622. The van der Waals surface area contributed by atoms with Crippen molar-refractivity contribution in [2.24, 2.45) is 0 Å². The van der Waals surface area contributed by atoms with Crippen LogP contribution in [0.5, 0.6) is 0 Å². The molecule has 2 heterocycles. The van der Waals surface area contributed by atoms with Crippen LogP contribution in [0.4, 0.5) is 10.3 Å². The molecule has 0 atom stereocenters. The van der Waals surface area contributed by atoms with E-state index in [-0.39, 0.29) is 11.7 Å². The molecule has 1 fully saturated rings. The summed E-state index contributed by atoms with van der Waals surface area (Å²) in [6.07, 6.45) is 4.68. The van der Waals surface area contributed by atoms with E-state index in [1.807, 2.05) is 0 Å². The van der Waals surface area contributed by atoms with Crippen molar-refractivity contribution in [3.05, 3.63) is 24.1 Å². The molecule has 1 aliphatic carbocycles. The largest absolute Gasteiger partial charge is 0.353 e. The smallest absolute Gasteiger partial charge is 0.243 e. The van der Waals surface area contributed by atoms with Crippen LogP contribution in [0.15, 0.2) is 18.3 Å². The standard InChI is InChI=1S/C13H16FN5O/c14-9-3-6-11-17-13(18-19(11)8-9)15-7-1-2-12(20)16-10-4-5-10/h3,6,8,10H,1-2,4-5,7H2,(H,15,18)(H,16,20). The number of carbonyl (C=O) groups is 1. The highest BCUT2D eigenvalue weighted by molar-refractivity contribution is 5.76. The van der Waals surface area contributed by atoms with Crippen LogP contribution < -0.4 is 10.6 Å². The van der Waals surface area contributed by atoms with E-state index in [2.05, 4.69) is 20.7 Å². The van der Waals surface area contributed by atoms with Gasteiger partial charge in [0.1, 0.15) is 5.82 Å². The number of hydrogen-bond donors (Lipinski definition) is 2. The predicted octanol–water partition coefficient (Wildman–Crippen LogP) is 1.34. The van der Waals surface area contributed by atoms with Crippen molar-refractivity contribution in [2.75, 3.05) is 11.9 Å². The summed E-state index contributed by atoms with van der Waals surface area (Å²) >= 11 is 0. The zero-order valence-electron chi connectivity index (χ0n) is 11.0. The molecule has 6 nitrogen and oxygen atoms in total. The average Bonchev–Trinajstić information content (AvgIpc) is 3.12. The number of carbonyl (C=O) groups excluding carboxylic acids is 1. The molecule has 0 unspecified atom stereocenters. The van der Waals surface area contributed by atoms with E-state index >= 15 is 0 Å². The van der Waals surface area contributed by atoms with Crippen LogP contribution in [0.25, 0.3) is 5.65 Å². The maximum atomic E-state index is 13.0. The minimum atomic E-state index is -0.356. The Balaban J connectivity index is 1.45. The molecule has 2 aromatic rings. The molecular formula is C13H16FN5O. The molecule has 20 heavy (non-hydrogen) atoms. The molecule has 0 spiro atoms. The first-order chi connectivity index (χ1) is 9.70. The Morgan fingerprint density at radius 1 is 1.45 bits per heavy atom. The molecule has 1 saturated carbocycles. The number of fused-ring (bicyclic) bond motifs is 1. The third-order valence-corrected chi connectivity index (χ3v) is 3.10. The van der Waals surface area contributed by atoms with Crippen LogP contribution >= 0.6 is 0 Å². The number of hydrogen-bond acceptors (Lipinski definition) is 4. The molecule has 1 aliphatic rings. The van der Waals surface area contributed by atoms with E-state index in [4.69, 9.17) is 0 Å². The van der Waals surface area contributed by atoms with Crippen LogP contribution in [-0.2, 0) is 4.79 Å². The molecule has 3 rings (SSSR count). The van der Waals surface area contributed by atoms with Gasteiger partial charge in [-0.3, -0.25) is 4.79 Å². The Hall–Kier alpha value is -2.18. The Kier molecular flexibility index (Phi) is 3.49. The topological polar surface area (TPSA) is 71.3 Å². The SMILES string of the molecule is O=C(CCCNc1nc2ccc(F)cn2n1)NC1CC1. The number of aromatic nitrogens is 3. The lowest BCUT2D eigenvalue weighted by atomic mass is 10.3. The fourth-order valence-corrected chi connectivity index (χ4v) is 1.91. The number of nitrogens with zero attached hydrogens (tertiary/aromatic N) is 3. The zero-order chi connectivity index (χ0) is 13.9. The third kappa shape index (κ3) is 3.23. The number of halogens is 1. The van der Waals surface area contributed by atoms with E-state index in [0.717, 1.165) is 12.8 Å². The molecule has 106 valence electrons. The van der Waals surface area contributed by atoms with Gasteiger partial charge in [0, 0.05) is 19.0 Å². The van der Waals surface area contributed by atoms with E-state index in [0.29, 0.717) is 37.0 Å². The van der Waals surface area contributed by atoms with Gasteiger partial charge in [0.2, 0.25) is 11.9 Å². The van der Waals surface area contributed by atoms with Gasteiger partial charge in [-0.1, -0.05) is 0 Å². The van der Waals surface area contributed by atoms with E-state index < -0.39 is 0 Å². The molecule has 2 aromatic heterocycles. The summed E-state index contributed by atoms with van der Waals surface area (Å²) in [4.78, 5) is 15.7. The van der Waals surface area contributed by atoms with Crippen LogP contribution in [0.2, 0.25) is 0 Å². The first-order valence-electron chi connectivity index (χ1n) is 6.76. The Morgan fingerprint density at radius 3 is 3.10 bits per heavy atom. The maximum Gasteiger partial charge on any atom is 0.243 e. The molecule has 0 aromatic carbocycles. The van der Waals surface area contributed by atoms with Crippen molar-refractivity contribution in [3.8, 4) is 0 Å². The molecule has 0 bridgehead atoms. The van der Waals surface area contributed by atoms with Gasteiger partial charge in [0.15, 0.2) is 5.65 Å². The molecule has 0 saturated heterocycles. The number of pyridine rings is 1. The monoisotopic (exact) mass is 277 g/mol. The predicted molar refractivity (Wildman–Crippen MR) is 71.8 cm³/mol. The number of nitrogens with one attached hydrogen (secondary N) is 2. The molecule has 2 N–H and O–H groups in total. The molecule has 0 radical (unpaired) electrons. The molecule has 0 aliphatic heterocycles. The van der Waals surface area contributed by atoms with Gasteiger partial charge < -0.3 is 10.6 Å². The maximum absolute atomic E-state index is 13.0. The quantitative estimate of drug-likeness (QED) is 0.782. The number of anilines is 1. The molecule has 7 heteroatoms. The second-order valence-corrected chi connectivity index (χ2v) is 4.96. The zero-order valence-corrected chi connectivity index (χ0v) is 11.0. The van der Waals surface area contributed by atoms with Gasteiger partial charge in [0.25, 0.3) is 0 Å². The summed E-state index contributed by atoms with van der Waals surface area (Å²) < 4.78 is 14.4. The molecular weight excluding hydrogens is 261 g/mol. The van der Waals surface area contributed by atoms with Gasteiger partial charge >= 0.3 is 0 Å². The van der Waals surface area contributed by atoms with Crippen LogP contribution in [0.1, 0.15) is 25.7 Å². The minimum absolute atomic E-state index is 0.0966. The lowest BCUT2D eigenvalue weighted by Crippen LogP contribution is -2.25. The summed E-state index contributed by atoms with van der Waals surface area (Å²) in [6.45, 7) is 0.609. The van der Waals surface area contributed by atoms with Gasteiger partial charge in [0.05, 0.1) is 6.20 Å². The lowest BCUT2D eigenvalue weighted by molar-refractivity contribution is -0.121. The van der Waals surface area contributed by atoms with Crippen molar-refractivity contribution < 1.29 is 9.18 Å². The highest BCUT2D eigenvalue weighted by atomic mass is 19.1. The fourth-order valence-electron chi connectivity index (χ4n) is 1.91. The summed E-state index contributed by atoms with van der Waals surface area (Å²) in [5.41, 5.74) is 0.584. The number of rotatable bonds is 6. The van der Waals surface area contributed by atoms with Crippen LogP contribution in [0.3, 0.4) is 0 Å². The van der Waals surface area contributed by atoms with Crippen molar-refractivity contribution >= 4 is 17.5 Å².